The molecule has 0 spiro atoms. The van der Waals surface area contributed by atoms with Gasteiger partial charge in [-0.15, -0.1) is 0 Å². The maximum absolute atomic E-state index is 13.5. The van der Waals surface area contributed by atoms with Crippen LogP contribution in [0.25, 0.3) is 0 Å². The van der Waals surface area contributed by atoms with Crippen molar-refractivity contribution in [2.45, 2.75) is 76.8 Å². The number of aryl methyl sites for hydroxylation is 1. The molecule has 1 aromatic heterocycles. The summed E-state index contributed by atoms with van der Waals surface area (Å²) in [6.45, 7) is 12.2. The summed E-state index contributed by atoms with van der Waals surface area (Å²) >= 11 is 0. The zero-order chi connectivity index (χ0) is 21.1. The van der Waals surface area contributed by atoms with Gasteiger partial charge in [0.2, 0.25) is 5.91 Å². The standard InChI is InChI=1S/C21H32N4O2S/c1-7-17-19(18(8-2)25(24-17)13-14(3)22)28(27)16-11-9-10-15(12-16)23-20(26)21(4,5)6/h9-12,14H,7-8,13,22H2,1-6H3,(H,23,26)/t14-,28?/m0/s1. The zero-order valence-electron chi connectivity index (χ0n) is 17.7. The third-order valence-electron chi connectivity index (χ3n) is 4.38. The van der Waals surface area contributed by atoms with Gasteiger partial charge in [-0.05, 0) is 38.0 Å². The van der Waals surface area contributed by atoms with E-state index in [4.69, 9.17) is 5.73 Å². The Labute approximate surface area is 170 Å². The summed E-state index contributed by atoms with van der Waals surface area (Å²) in [7, 11) is -1.39. The molecular weight excluding hydrogens is 372 g/mol. The monoisotopic (exact) mass is 404 g/mol. The predicted molar refractivity (Wildman–Crippen MR) is 114 cm³/mol. The lowest BCUT2D eigenvalue weighted by atomic mass is 9.95. The molecule has 3 N–H and O–H groups in total. The second-order valence-electron chi connectivity index (χ2n) is 8.09. The molecule has 154 valence electrons. The Morgan fingerprint density at radius 1 is 1.29 bits per heavy atom. The van der Waals surface area contributed by atoms with Gasteiger partial charge in [-0.25, -0.2) is 4.21 Å². The third kappa shape index (κ3) is 5.08. The molecule has 2 aromatic rings. The molecule has 0 aliphatic heterocycles. The van der Waals surface area contributed by atoms with Crippen LogP contribution in [0.15, 0.2) is 34.1 Å². The molecule has 2 atom stereocenters. The Hall–Kier alpha value is -1.99. The van der Waals surface area contributed by atoms with E-state index < -0.39 is 16.2 Å². The van der Waals surface area contributed by atoms with Crippen LogP contribution in [0.5, 0.6) is 0 Å². The van der Waals surface area contributed by atoms with Gasteiger partial charge in [-0.3, -0.25) is 9.48 Å². The normalized spacial score (nSPS) is 14.0. The number of carbonyl (C=O) groups is 1. The van der Waals surface area contributed by atoms with Crippen molar-refractivity contribution in [2.75, 3.05) is 5.32 Å². The number of nitrogens with two attached hydrogens (primary N) is 1. The fourth-order valence-electron chi connectivity index (χ4n) is 2.87. The summed E-state index contributed by atoms with van der Waals surface area (Å²) < 4.78 is 15.3. The number of hydrogen-bond acceptors (Lipinski definition) is 4. The number of anilines is 1. The molecule has 0 aliphatic carbocycles. The fourth-order valence-corrected chi connectivity index (χ4v) is 4.41. The SMILES string of the molecule is CCc1nn(C[C@H](C)N)c(CC)c1S(=O)c1cccc(NC(=O)C(C)(C)C)c1. The summed E-state index contributed by atoms with van der Waals surface area (Å²) in [5.41, 5.74) is 7.89. The molecule has 1 aromatic carbocycles. The van der Waals surface area contributed by atoms with Crippen molar-refractivity contribution in [3.63, 3.8) is 0 Å². The Morgan fingerprint density at radius 3 is 2.50 bits per heavy atom. The quantitative estimate of drug-likeness (QED) is 0.739. The first-order valence-electron chi connectivity index (χ1n) is 9.75. The lowest BCUT2D eigenvalue weighted by Gasteiger charge is -2.18. The minimum atomic E-state index is -1.39. The van der Waals surface area contributed by atoms with E-state index in [9.17, 15) is 9.00 Å². The van der Waals surface area contributed by atoms with Crippen molar-refractivity contribution < 1.29 is 9.00 Å². The van der Waals surface area contributed by atoms with Gasteiger partial charge in [0, 0.05) is 22.0 Å². The molecule has 1 amide bonds. The van der Waals surface area contributed by atoms with Crippen molar-refractivity contribution in [1.29, 1.82) is 0 Å². The summed E-state index contributed by atoms with van der Waals surface area (Å²) in [6, 6.07) is 7.19. The number of amides is 1. The average Bonchev–Trinajstić information content (AvgIpc) is 2.97. The van der Waals surface area contributed by atoms with Crippen molar-refractivity contribution >= 4 is 22.4 Å². The molecule has 2 rings (SSSR count). The number of nitrogens with zero attached hydrogens (tertiary/aromatic N) is 2. The number of aromatic nitrogens is 2. The van der Waals surface area contributed by atoms with Gasteiger partial charge < -0.3 is 11.1 Å². The molecule has 7 heteroatoms. The van der Waals surface area contributed by atoms with E-state index in [1.54, 1.807) is 6.07 Å². The molecule has 0 bridgehead atoms. The molecule has 0 saturated heterocycles. The van der Waals surface area contributed by atoms with Gasteiger partial charge in [0.1, 0.15) is 0 Å². The molecule has 0 saturated carbocycles. The van der Waals surface area contributed by atoms with Gasteiger partial charge in [-0.1, -0.05) is 40.7 Å². The highest BCUT2D eigenvalue weighted by atomic mass is 32.2. The van der Waals surface area contributed by atoms with Crippen molar-refractivity contribution in [1.82, 2.24) is 9.78 Å². The maximum Gasteiger partial charge on any atom is 0.229 e. The van der Waals surface area contributed by atoms with Gasteiger partial charge in [0.15, 0.2) is 0 Å². The van der Waals surface area contributed by atoms with E-state index in [0.29, 0.717) is 23.5 Å². The van der Waals surface area contributed by atoms with Crippen molar-refractivity contribution in [3.8, 4) is 0 Å². The topological polar surface area (TPSA) is 90.0 Å². The van der Waals surface area contributed by atoms with E-state index >= 15 is 0 Å². The van der Waals surface area contributed by atoms with Crippen LogP contribution in [0.1, 0.15) is 52.9 Å². The first-order chi connectivity index (χ1) is 13.1. The van der Waals surface area contributed by atoms with Crippen molar-refractivity contribution in [3.05, 3.63) is 35.7 Å². The number of nitrogens with one attached hydrogen (secondary N) is 1. The first kappa shape index (κ1) is 22.3. The van der Waals surface area contributed by atoms with E-state index in [1.165, 1.54) is 0 Å². The second-order valence-corrected chi connectivity index (χ2v) is 9.51. The minimum absolute atomic E-state index is 0.0351. The largest absolute Gasteiger partial charge is 0.326 e. The highest BCUT2D eigenvalue weighted by Gasteiger charge is 2.24. The molecule has 0 fully saturated rings. The summed E-state index contributed by atoms with van der Waals surface area (Å²) in [5, 5.41) is 7.57. The summed E-state index contributed by atoms with van der Waals surface area (Å²) in [6.07, 6.45) is 1.42. The number of benzene rings is 1. The molecule has 1 heterocycles. The lowest BCUT2D eigenvalue weighted by molar-refractivity contribution is -0.123. The maximum atomic E-state index is 13.5. The van der Waals surface area contributed by atoms with Crippen LogP contribution in [0, 0.1) is 5.41 Å². The fraction of sp³-hybridized carbons (Fsp3) is 0.524. The van der Waals surface area contributed by atoms with Gasteiger partial charge in [0.25, 0.3) is 0 Å². The highest BCUT2D eigenvalue weighted by Crippen LogP contribution is 2.27. The molecular formula is C21H32N4O2S. The van der Waals surface area contributed by atoms with Crippen LogP contribution < -0.4 is 11.1 Å². The predicted octanol–water partition coefficient (Wildman–Crippen LogP) is 3.51. The Kier molecular flexibility index (Phi) is 7.17. The van der Waals surface area contributed by atoms with Gasteiger partial charge >= 0.3 is 0 Å². The van der Waals surface area contributed by atoms with Gasteiger partial charge in [0.05, 0.1) is 33.6 Å². The number of rotatable bonds is 7. The Balaban J connectivity index is 2.42. The number of hydrogen-bond donors (Lipinski definition) is 2. The van der Waals surface area contributed by atoms with Gasteiger partial charge in [-0.2, -0.15) is 5.10 Å². The smallest absolute Gasteiger partial charge is 0.229 e. The van der Waals surface area contributed by atoms with Crippen LogP contribution in [-0.4, -0.2) is 25.9 Å². The first-order valence-corrected chi connectivity index (χ1v) is 10.9. The van der Waals surface area contributed by atoms with E-state index in [1.807, 2.05) is 64.4 Å². The summed E-state index contributed by atoms with van der Waals surface area (Å²) in [5.74, 6) is -0.0799. The average molecular weight is 405 g/mol. The Morgan fingerprint density at radius 2 is 1.96 bits per heavy atom. The molecule has 0 aliphatic rings. The highest BCUT2D eigenvalue weighted by molar-refractivity contribution is 7.85. The summed E-state index contributed by atoms with van der Waals surface area (Å²) in [4.78, 5) is 13.7. The molecule has 28 heavy (non-hydrogen) atoms. The third-order valence-corrected chi connectivity index (χ3v) is 5.90. The van der Waals surface area contributed by atoms with Crippen LogP contribution in [-0.2, 0) is 35.0 Å². The van der Waals surface area contributed by atoms with Crippen LogP contribution in [0.4, 0.5) is 5.69 Å². The minimum Gasteiger partial charge on any atom is -0.326 e. The molecule has 6 nitrogen and oxygen atoms in total. The second kappa shape index (κ2) is 9.01. The van der Waals surface area contributed by atoms with E-state index in [2.05, 4.69) is 10.4 Å². The zero-order valence-corrected chi connectivity index (χ0v) is 18.5. The van der Waals surface area contributed by atoms with Crippen LogP contribution in [0.3, 0.4) is 0 Å². The van der Waals surface area contributed by atoms with E-state index in [0.717, 1.165) is 22.7 Å². The lowest BCUT2D eigenvalue weighted by Crippen LogP contribution is -2.27. The Bertz CT molecular complexity index is 866. The molecule has 1 unspecified atom stereocenters. The number of carbonyl (C=O) groups excluding carboxylic acids is 1. The van der Waals surface area contributed by atoms with E-state index in [-0.39, 0.29) is 11.9 Å². The molecule has 0 radical (unpaired) electrons. The van der Waals surface area contributed by atoms with Crippen LogP contribution >= 0.6 is 0 Å². The van der Waals surface area contributed by atoms with Crippen LogP contribution in [0.2, 0.25) is 0 Å². The van der Waals surface area contributed by atoms with Crippen molar-refractivity contribution in [2.24, 2.45) is 11.1 Å².